The second-order valence-corrected chi connectivity index (χ2v) is 8.44. The zero-order valence-electron chi connectivity index (χ0n) is 15.1. The van der Waals surface area contributed by atoms with Gasteiger partial charge in [0, 0.05) is 35.8 Å². The molecule has 0 bridgehead atoms. The van der Waals surface area contributed by atoms with E-state index in [2.05, 4.69) is 20.3 Å². The standard InChI is InChI=1S/C21H19ClFN3S/c1-12-5-6-13-10-24-11-15(13)17(12)18-16(22)9-14-20(19(18)23)25-27-21(14)26-7-3-2-4-8-26/h5-6,9,11H,2-4,7-8,10H2,1H3. The van der Waals surface area contributed by atoms with Crippen molar-refractivity contribution in [3.05, 3.63) is 45.7 Å². The number of aliphatic imine (C=N–C) groups is 1. The van der Waals surface area contributed by atoms with Crippen molar-refractivity contribution < 1.29 is 4.39 Å². The third-order valence-corrected chi connectivity index (χ3v) is 6.79. The van der Waals surface area contributed by atoms with Crippen LogP contribution in [0.2, 0.25) is 5.02 Å². The zero-order chi connectivity index (χ0) is 18.5. The lowest BCUT2D eigenvalue weighted by molar-refractivity contribution is 0.581. The molecule has 3 nitrogen and oxygen atoms in total. The van der Waals surface area contributed by atoms with E-state index < -0.39 is 0 Å². The van der Waals surface area contributed by atoms with Gasteiger partial charge < -0.3 is 4.90 Å². The molecule has 5 rings (SSSR count). The van der Waals surface area contributed by atoms with Gasteiger partial charge in [-0.3, -0.25) is 4.99 Å². The Morgan fingerprint density at radius 3 is 2.78 bits per heavy atom. The van der Waals surface area contributed by atoms with Gasteiger partial charge in [-0.2, -0.15) is 4.37 Å². The summed E-state index contributed by atoms with van der Waals surface area (Å²) in [5.74, 6) is -0.325. The monoisotopic (exact) mass is 399 g/mol. The number of aromatic nitrogens is 1. The summed E-state index contributed by atoms with van der Waals surface area (Å²) in [4.78, 5) is 6.67. The molecule has 1 fully saturated rings. The fourth-order valence-corrected chi connectivity index (χ4v) is 5.37. The van der Waals surface area contributed by atoms with Gasteiger partial charge in [-0.1, -0.05) is 23.7 Å². The van der Waals surface area contributed by atoms with Gasteiger partial charge >= 0.3 is 0 Å². The Morgan fingerprint density at radius 2 is 1.96 bits per heavy atom. The highest BCUT2D eigenvalue weighted by Crippen LogP contribution is 2.43. The minimum atomic E-state index is -0.325. The summed E-state index contributed by atoms with van der Waals surface area (Å²) in [6.45, 7) is 4.63. The molecule has 6 heteroatoms. The molecule has 2 aliphatic heterocycles. The minimum Gasteiger partial charge on any atom is -0.362 e. The highest BCUT2D eigenvalue weighted by molar-refractivity contribution is 7.11. The molecule has 2 aliphatic rings. The Balaban J connectivity index is 1.72. The van der Waals surface area contributed by atoms with E-state index in [4.69, 9.17) is 11.6 Å². The largest absolute Gasteiger partial charge is 0.362 e. The molecular weight excluding hydrogens is 381 g/mol. The third kappa shape index (κ3) is 2.67. The Hall–Kier alpha value is -1.98. The molecule has 0 radical (unpaired) electrons. The number of rotatable bonds is 2. The van der Waals surface area contributed by atoms with Gasteiger partial charge in [-0.25, -0.2) is 4.39 Å². The number of nitrogens with zero attached hydrogens (tertiary/aromatic N) is 3. The van der Waals surface area contributed by atoms with E-state index >= 15 is 4.39 Å². The van der Waals surface area contributed by atoms with Crippen LogP contribution in [-0.2, 0) is 6.54 Å². The number of anilines is 1. The van der Waals surface area contributed by atoms with E-state index in [1.807, 2.05) is 25.3 Å². The van der Waals surface area contributed by atoms with Crippen molar-refractivity contribution >= 4 is 45.3 Å². The number of fused-ring (bicyclic) bond motifs is 2. The van der Waals surface area contributed by atoms with Crippen molar-refractivity contribution in [2.45, 2.75) is 32.7 Å². The lowest BCUT2D eigenvalue weighted by atomic mass is 9.92. The average molecular weight is 400 g/mol. The lowest BCUT2D eigenvalue weighted by Crippen LogP contribution is -2.28. The topological polar surface area (TPSA) is 28.5 Å². The van der Waals surface area contributed by atoms with E-state index in [1.165, 1.54) is 30.8 Å². The molecular formula is C21H19ClFN3S. The van der Waals surface area contributed by atoms with E-state index in [9.17, 15) is 0 Å². The molecule has 0 aliphatic carbocycles. The predicted octanol–water partition coefficient (Wildman–Crippen LogP) is 5.99. The van der Waals surface area contributed by atoms with Crippen LogP contribution in [-0.4, -0.2) is 23.7 Å². The average Bonchev–Trinajstić information content (AvgIpc) is 3.31. The first-order chi connectivity index (χ1) is 13.1. The van der Waals surface area contributed by atoms with E-state index in [1.54, 1.807) is 0 Å². The summed E-state index contributed by atoms with van der Waals surface area (Å²) in [6, 6.07) is 5.97. The molecule has 27 heavy (non-hydrogen) atoms. The number of halogens is 2. The van der Waals surface area contributed by atoms with E-state index in [-0.39, 0.29) is 5.82 Å². The van der Waals surface area contributed by atoms with Gasteiger partial charge in [-0.15, -0.1) is 0 Å². The van der Waals surface area contributed by atoms with Crippen LogP contribution in [0.15, 0.2) is 23.2 Å². The van der Waals surface area contributed by atoms with E-state index in [0.29, 0.717) is 22.6 Å². The Morgan fingerprint density at radius 1 is 1.15 bits per heavy atom. The van der Waals surface area contributed by atoms with Crippen LogP contribution in [0, 0.1) is 12.7 Å². The predicted molar refractivity (Wildman–Crippen MR) is 112 cm³/mol. The summed E-state index contributed by atoms with van der Waals surface area (Å²) in [6.07, 6.45) is 5.43. The zero-order valence-corrected chi connectivity index (χ0v) is 16.6. The Labute approximate surface area is 166 Å². The summed E-state index contributed by atoms with van der Waals surface area (Å²) in [5, 5.41) is 2.30. The summed E-state index contributed by atoms with van der Waals surface area (Å²) < 4.78 is 20.1. The Kier molecular flexibility index (Phi) is 4.17. The molecule has 0 atom stereocenters. The molecule has 1 saturated heterocycles. The molecule has 0 amide bonds. The normalized spacial score (nSPS) is 16.3. The van der Waals surface area contributed by atoms with Crippen molar-refractivity contribution in [3.8, 4) is 11.1 Å². The van der Waals surface area contributed by atoms with Gasteiger partial charge in [0.25, 0.3) is 0 Å². The second kappa shape index (κ2) is 6.57. The summed E-state index contributed by atoms with van der Waals surface area (Å²) in [7, 11) is 0. The lowest BCUT2D eigenvalue weighted by Gasteiger charge is -2.27. The van der Waals surface area contributed by atoms with Gasteiger partial charge in [-0.05, 0) is 60.5 Å². The van der Waals surface area contributed by atoms with Crippen LogP contribution in [0.5, 0.6) is 0 Å². The number of piperidine rings is 1. The molecule has 0 unspecified atom stereocenters. The Bertz CT molecular complexity index is 1080. The fraction of sp³-hybridized carbons (Fsp3) is 0.333. The van der Waals surface area contributed by atoms with Gasteiger partial charge in [0.1, 0.15) is 10.5 Å². The molecule has 0 saturated carbocycles. The van der Waals surface area contributed by atoms with Gasteiger partial charge in [0.05, 0.1) is 11.6 Å². The third-order valence-electron chi connectivity index (χ3n) is 5.57. The minimum absolute atomic E-state index is 0.325. The van der Waals surface area contributed by atoms with Gasteiger partial charge in [0.2, 0.25) is 0 Å². The molecule has 3 aromatic rings. The second-order valence-electron chi connectivity index (χ2n) is 7.28. The molecule has 3 heterocycles. The maximum Gasteiger partial charge on any atom is 0.159 e. The summed E-state index contributed by atoms with van der Waals surface area (Å²) >= 11 is 8.04. The molecule has 0 N–H and O–H groups in total. The van der Waals surface area contributed by atoms with Gasteiger partial charge in [0.15, 0.2) is 5.82 Å². The van der Waals surface area contributed by atoms with Crippen molar-refractivity contribution in [1.29, 1.82) is 0 Å². The maximum absolute atomic E-state index is 15.6. The van der Waals surface area contributed by atoms with Crippen molar-refractivity contribution in [1.82, 2.24) is 4.37 Å². The SMILES string of the molecule is Cc1ccc2c(c1-c1c(Cl)cc3c(N4CCCCC4)snc3c1F)C=NC2. The molecule has 0 spiro atoms. The van der Waals surface area contributed by atoms with Crippen LogP contribution in [0.3, 0.4) is 0 Å². The first-order valence-corrected chi connectivity index (χ1v) is 10.5. The molecule has 2 aromatic carbocycles. The molecule has 1 aromatic heterocycles. The van der Waals surface area contributed by atoms with Crippen LogP contribution in [0.1, 0.15) is 36.0 Å². The number of hydrogen-bond acceptors (Lipinski definition) is 4. The van der Waals surface area contributed by atoms with Crippen molar-refractivity contribution in [3.63, 3.8) is 0 Å². The fourth-order valence-electron chi connectivity index (χ4n) is 4.18. The number of benzene rings is 2. The van der Waals surface area contributed by atoms with Crippen LogP contribution in [0.4, 0.5) is 9.39 Å². The van der Waals surface area contributed by atoms with Crippen LogP contribution in [0.25, 0.3) is 22.0 Å². The summed E-state index contributed by atoms with van der Waals surface area (Å²) in [5.41, 5.74) is 4.79. The quantitative estimate of drug-likeness (QED) is 0.529. The van der Waals surface area contributed by atoms with Crippen LogP contribution < -0.4 is 4.90 Å². The highest BCUT2D eigenvalue weighted by atomic mass is 35.5. The van der Waals surface area contributed by atoms with Crippen LogP contribution >= 0.6 is 23.1 Å². The first kappa shape index (κ1) is 17.1. The maximum atomic E-state index is 15.6. The van der Waals surface area contributed by atoms with E-state index in [0.717, 1.165) is 45.7 Å². The smallest absolute Gasteiger partial charge is 0.159 e. The number of hydrogen-bond donors (Lipinski definition) is 0. The highest BCUT2D eigenvalue weighted by Gasteiger charge is 2.25. The molecule has 138 valence electrons. The van der Waals surface area contributed by atoms with Crippen molar-refractivity contribution in [2.24, 2.45) is 4.99 Å². The van der Waals surface area contributed by atoms with Crippen molar-refractivity contribution in [2.75, 3.05) is 18.0 Å². The first-order valence-electron chi connectivity index (χ1n) is 9.30. The number of aryl methyl sites for hydroxylation is 1.